The first-order valence-electron chi connectivity index (χ1n) is 8.16. The molecule has 0 aliphatic carbocycles. The van der Waals surface area contributed by atoms with Crippen molar-refractivity contribution >= 4 is 18.5 Å². The number of hydrogen-bond acceptors (Lipinski definition) is 0. The zero-order valence-electron chi connectivity index (χ0n) is 17.0. The summed E-state index contributed by atoms with van der Waals surface area (Å²) in [5.74, 6) is 0. The SMILES string of the molecule is [C-]#[O+].[C-]#[O+].[C-]#[O+].[C-]#[O+].[CH-]=CC[CH-]P(c1ccccc1)c1ccccc1.[Mn].[Mo+2].c1cc[cH-]c1. The maximum absolute atomic E-state index is 7.50. The van der Waals surface area contributed by atoms with Crippen molar-refractivity contribution in [2.24, 2.45) is 0 Å². The molecule has 0 bridgehead atoms. The van der Waals surface area contributed by atoms with Crippen molar-refractivity contribution in [3.8, 4) is 0 Å². The molecule has 0 atom stereocenters. The van der Waals surface area contributed by atoms with Crippen LogP contribution in [-0.2, 0) is 56.7 Å². The second kappa shape index (κ2) is 36.5. The van der Waals surface area contributed by atoms with Crippen LogP contribution in [0.5, 0.6) is 0 Å². The summed E-state index contributed by atoms with van der Waals surface area (Å²) in [5.41, 5.74) is 0. The Bertz CT molecular complexity index is 721. The number of benzene rings is 2. The van der Waals surface area contributed by atoms with Crippen molar-refractivity contribution in [1.29, 1.82) is 0 Å². The third kappa shape index (κ3) is 21.4. The summed E-state index contributed by atoms with van der Waals surface area (Å²) in [6.07, 6.45) is 4.86. The van der Waals surface area contributed by atoms with Gasteiger partial charge in [0.05, 0.1) is 0 Å². The van der Waals surface area contributed by atoms with E-state index in [-0.39, 0.29) is 38.1 Å². The maximum atomic E-state index is 7.50. The smallest absolute Gasteiger partial charge is 0.520 e. The minimum absolute atomic E-state index is 0. The quantitative estimate of drug-likeness (QED) is 0.182. The molecule has 0 aromatic heterocycles. The second-order valence-electron chi connectivity index (χ2n) is 4.66. The predicted octanol–water partition coefficient (Wildman–Crippen LogP) is 4.91. The van der Waals surface area contributed by atoms with Gasteiger partial charge in [-0.3, -0.25) is 6.16 Å². The van der Waals surface area contributed by atoms with Gasteiger partial charge in [0.2, 0.25) is 0 Å². The standard InChI is InChI=1S/C16H15P.C5H5.4CO.Mn.Mo/c1-2-3-14-17(15-10-6-4-7-11-15)16-12-8-5-9-13-16;1-2-4-5-3-1;4*1-2;;/h1-2,4-14H,3H2;1-5H;;;;;;/q-2;-1;;;;;;+2. The van der Waals surface area contributed by atoms with E-state index >= 15 is 0 Å². The number of hydrogen-bond donors (Lipinski definition) is 0. The molecule has 3 aromatic rings. The van der Waals surface area contributed by atoms with Gasteiger partial charge in [0, 0.05) is 17.1 Å². The van der Waals surface area contributed by atoms with E-state index in [1.807, 2.05) is 30.3 Å². The number of allylic oxidation sites excluding steroid dienone is 1. The van der Waals surface area contributed by atoms with Gasteiger partial charge in [-0.2, -0.15) is 24.6 Å². The van der Waals surface area contributed by atoms with Crippen molar-refractivity contribution in [2.45, 2.75) is 6.42 Å². The molecule has 163 valence electrons. The summed E-state index contributed by atoms with van der Waals surface area (Å²) in [5, 5.41) is 2.74. The van der Waals surface area contributed by atoms with Crippen molar-refractivity contribution < 1.29 is 56.7 Å². The zero-order valence-corrected chi connectivity index (χ0v) is 21.0. The minimum atomic E-state index is -0.393. The molecule has 0 unspecified atom stereocenters. The van der Waals surface area contributed by atoms with Gasteiger partial charge in [0.15, 0.2) is 0 Å². The van der Waals surface area contributed by atoms with Crippen molar-refractivity contribution in [2.75, 3.05) is 0 Å². The molecule has 3 rings (SSSR count). The summed E-state index contributed by atoms with van der Waals surface area (Å²) in [4.78, 5) is 0. The van der Waals surface area contributed by atoms with Gasteiger partial charge in [-0.15, -0.1) is 0 Å². The summed E-state index contributed by atoms with van der Waals surface area (Å²) >= 11 is 0. The minimum Gasteiger partial charge on any atom is -0.520 e. The molecule has 0 saturated carbocycles. The molecule has 0 spiro atoms. The molecule has 0 heterocycles. The molecule has 7 heteroatoms. The first-order valence-corrected chi connectivity index (χ1v) is 9.57. The zero-order chi connectivity index (χ0) is 23.5. The van der Waals surface area contributed by atoms with Crippen LogP contribution in [0.15, 0.2) is 97.1 Å². The van der Waals surface area contributed by atoms with E-state index in [2.05, 4.69) is 93.4 Å². The molecule has 0 N–H and O–H groups in total. The van der Waals surface area contributed by atoms with Gasteiger partial charge in [-0.1, -0.05) is 71.3 Å². The van der Waals surface area contributed by atoms with Crippen molar-refractivity contribution in [3.05, 3.63) is 136 Å². The van der Waals surface area contributed by atoms with E-state index in [0.29, 0.717) is 0 Å². The van der Waals surface area contributed by atoms with Crippen LogP contribution < -0.4 is 10.6 Å². The van der Waals surface area contributed by atoms with E-state index in [0.717, 1.165) is 6.42 Å². The molecular weight excluding hydrogens is 546 g/mol. The fraction of sp³-hybridized carbons (Fsp3) is 0.0400. The summed E-state index contributed by atoms with van der Waals surface area (Å²) in [6, 6.07) is 31.2. The Labute approximate surface area is 217 Å². The fourth-order valence-corrected chi connectivity index (χ4v) is 4.06. The van der Waals surface area contributed by atoms with Crippen LogP contribution in [0.25, 0.3) is 0 Å². The van der Waals surface area contributed by atoms with Crippen LogP contribution in [0.1, 0.15) is 6.42 Å². The van der Waals surface area contributed by atoms with Crippen LogP contribution in [0.2, 0.25) is 0 Å². The normalized spacial score (nSPS) is 7.03. The molecular formula is C25H20MnMoO4P-. The Hall–Kier alpha value is -1.87. The molecule has 0 aliphatic rings. The Morgan fingerprint density at radius 1 is 0.719 bits per heavy atom. The van der Waals surface area contributed by atoms with Gasteiger partial charge in [-0.25, -0.2) is 20.1 Å². The number of rotatable bonds is 5. The summed E-state index contributed by atoms with van der Waals surface area (Å²) in [7, 11) is -0.393. The predicted molar refractivity (Wildman–Crippen MR) is 115 cm³/mol. The van der Waals surface area contributed by atoms with Crippen LogP contribution in [0, 0.1) is 39.3 Å². The van der Waals surface area contributed by atoms with Crippen LogP contribution >= 0.6 is 7.92 Å². The molecule has 0 fully saturated rings. The van der Waals surface area contributed by atoms with E-state index in [1.54, 1.807) is 6.08 Å². The first-order chi connectivity index (χ1) is 14.9. The van der Waals surface area contributed by atoms with E-state index in [4.69, 9.17) is 25.2 Å². The van der Waals surface area contributed by atoms with E-state index in [1.165, 1.54) is 10.6 Å². The molecule has 32 heavy (non-hydrogen) atoms. The van der Waals surface area contributed by atoms with Gasteiger partial charge in [0.25, 0.3) is 0 Å². The summed E-state index contributed by atoms with van der Waals surface area (Å²) in [6.45, 7) is 23.5. The van der Waals surface area contributed by atoms with Gasteiger partial charge in [-0.05, 0) is 0 Å². The van der Waals surface area contributed by atoms with Crippen molar-refractivity contribution in [1.82, 2.24) is 0 Å². The second-order valence-corrected chi connectivity index (χ2v) is 6.80. The molecule has 0 saturated heterocycles. The Morgan fingerprint density at radius 2 is 1.06 bits per heavy atom. The first kappa shape index (κ1) is 40.5. The molecule has 0 amide bonds. The third-order valence-electron chi connectivity index (χ3n) is 3.05. The van der Waals surface area contributed by atoms with E-state index < -0.39 is 7.92 Å². The topological polar surface area (TPSA) is 79.6 Å². The molecule has 0 aliphatic heterocycles. The molecule has 1 radical (unpaired) electrons. The molecule has 4 nitrogen and oxygen atoms in total. The summed E-state index contributed by atoms with van der Waals surface area (Å²) < 4.78 is 30.0. The van der Waals surface area contributed by atoms with Crippen LogP contribution in [0.4, 0.5) is 0 Å². The Balaban J connectivity index is -0.000000137. The Kier molecular flexibility index (Phi) is 46.2. The van der Waals surface area contributed by atoms with Crippen LogP contribution in [-0.4, -0.2) is 0 Å². The Morgan fingerprint density at radius 3 is 1.31 bits per heavy atom. The van der Waals surface area contributed by atoms with Crippen molar-refractivity contribution in [3.63, 3.8) is 0 Å². The largest absolute Gasteiger partial charge is 2.00 e. The molecule has 3 aromatic carbocycles. The van der Waals surface area contributed by atoms with E-state index in [9.17, 15) is 0 Å². The average Bonchev–Trinajstić information content (AvgIpc) is 3.46. The van der Waals surface area contributed by atoms with Gasteiger partial charge >= 0.3 is 66.3 Å². The maximum Gasteiger partial charge on any atom is 2.00 e. The monoisotopic (exact) mass is 568 g/mol. The van der Waals surface area contributed by atoms with Gasteiger partial charge < -0.3 is 12.7 Å². The third-order valence-corrected chi connectivity index (χ3v) is 5.33. The fourth-order valence-electron chi connectivity index (χ4n) is 2.02. The van der Waals surface area contributed by atoms with Gasteiger partial charge in [0.1, 0.15) is 0 Å². The van der Waals surface area contributed by atoms with Crippen LogP contribution in [0.3, 0.4) is 0 Å². The average molecular weight is 566 g/mol.